The number of piperidine rings is 1. The lowest BCUT2D eigenvalue weighted by Crippen LogP contribution is -2.47. The van der Waals surface area contributed by atoms with E-state index in [-0.39, 0.29) is 12.0 Å². The fourth-order valence-electron chi connectivity index (χ4n) is 2.75. The average Bonchev–Trinajstić information content (AvgIpc) is 2.42. The molecule has 1 saturated heterocycles. The van der Waals surface area contributed by atoms with Crippen molar-refractivity contribution in [1.29, 1.82) is 0 Å². The number of rotatable bonds is 4. The molecule has 1 aromatic carbocycles. The monoisotopic (exact) mass is 263 g/mol. The summed E-state index contributed by atoms with van der Waals surface area (Å²) in [6.45, 7) is 6.49. The molecule has 1 aliphatic heterocycles. The Labute approximate surface area is 115 Å². The van der Waals surface area contributed by atoms with E-state index in [2.05, 4.69) is 18.7 Å². The van der Waals surface area contributed by atoms with Gasteiger partial charge in [-0.3, -0.25) is 4.90 Å². The van der Waals surface area contributed by atoms with Crippen LogP contribution < -0.4 is 0 Å². The number of β-amino-alcohol motifs (C(OH)–C–C–N with tert-alkyl or cyclic N) is 1. The standard InChI is InChI=1S/C16H25NO2/c1-13(2)16(19,14-6-4-3-5-7-14)12-17-10-8-15(18)9-11-17/h3-7,13,15,18-19H,8-12H2,1-2H3/t16-/m0/s1. The van der Waals surface area contributed by atoms with Crippen LogP contribution in [0, 0.1) is 5.92 Å². The molecule has 0 aliphatic carbocycles. The van der Waals surface area contributed by atoms with Crippen LogP contribution in [0.15, 0.2) is 30.3 Å². The lowest BCUT2D eigenvalue weighted by atomic mass is 9.82. The molecule has 0 bridgehead atoms. The van der Waals surface area contributed by atoms with Gasteiger partial charge in [0.15, 0.2) is 0 Å². The molecule has 1 aliphatic rings. The number of hydrogen-bond acceptors (Lipinski definition) is 3. The van der Waals surface area contributed by atoms with E-state index in [0.29, 0.717) is 6.54 Å². The summed E-state index contributed by atoms with van der Waals surface area (Å²) in [4.78, 5) is 2.26. The van der Waals surface area contributed by atoms with Crippen molar-refractivity contribution < 1.29 is 10.2 Å². The molecule has 1 atom stereocenters. The van der Waals surface area contributed by atoms with Gasteiger partial charge in [-0.25, -0.2) is 0 Å². The number of likely N-dealkylation sites (tertiary alicyclic amines) is 1. The van der Waals surface area contributed by atoms with Gasteiger partial charge >= 0.3 is 0 Å². The van der Waals surface area contributed by atoms with Crippen LogP contribution in [-0.2, 0) is 5.60 Å². The maximum Gasteiger partial charge on any atom is 0.104 e. The van der Waals surface area contributed by atoms with Gasteiger partial charge in [0.05, 0.1) is 6.10 Å². The molecule has 2 N–H and O–H groups in total. The highest BCUT2D eigenvalue weighted by atomic mass is 16.3. The summed E-state index contributed by atoms with van der Waals surface area (Å²) < 4.78 is 0. The topological polar surface area (TPSA) is 43.7 Å². The molecule has 3 nitrogen and oxygen atoms in total. The second-order valence-electron chi connectivity index (χ2n) is 5.95. The molecular formula is C16H25NO2. The molecule has 1 fully saturated rings. The molecule has 106 valence electrons. The van der Waals surface area contributed by atoms with Crippen LogP contribution in [0.1, 0.15) is 32.3 Å². The van der Waals surface area contributed by atoms with Crippen LogP contribution in [0.5, 0.6) is 0 Å². The SMILES string of the molecule is CC(C)[C@@](O)(CN1CCC(O)CC1)c1ccccc1. The maximum atomic E-state index is 11.1. The van der Waals surface area contributed by atoms with Crippen molar-refractivity contribution in [1.82, 2.24) is 4.90 Å². The zero-order valence-corrected chi connectivity index (χ0v) is 11.9. The van der Waals surface area contributed by atoms with Gasteiger partial charge in [-0.1, -0.05) is 44.2 Å². The Morgan fingerprint density at radius 1 is 1.21 bits per heavy atom. The molecule has 1 aromatic rings. The van der Waals surface area contributed by atoms with Crippen molar-refractivity contribution >= 4 is 0 Å². The molecule has 0 aromatic heterocycles. The molecular weight excluding hydrogens is 238 g/mol. The summed E-state index contributed by atoms with van der Waals surface area (Å²) in [6, 6.07) is 9.92. The minimum absolute atomic E-state index is 0.154. The normalized spacial score (nSPS) is 21.5. The zero-order chi connectivity index (χ0) is 13.9. The summed E-state index contributed by atoms with van der Waals surface area (Å²) in [5.41, 5.74) is 0.167. The van der Waals surface area contributed by atoms with Crippen molar-refractivity contribution in [3.63, 3.8) is 0 Å². The largest absolute Gasteiger partial charge is 0.393 e. The van der Waals surface area contributed by atoms with Crippen molar-refractivity contribution in [2.24, 2.45) is 5.92 Å². The van der Waals surface area contributed by atoms with E-state index < -0.39 is 5.60 Å². The fourth-order valence-corrected chi connectivity index (χ4v) is 2.75. The van der Waals surface area contributed by atoms with Gasteiger partial charge in [-0.15, -0.1) is 0 Å². The van der Waals surface area contributed by atoms with E-state index in [1.807, 2.05) is 30.3 Å². The van der Waals surface area contributed by atoms with Crippen LogP contribution in [0.2, 0.25) is 0 Å². The minimum atomic E-state index is -0.816. The molecule has 0 spiro atoms. The fraction of sp³-hybridized carbons (Fsp3) is 0.625. The van der Waals surface area contributed by atoms with Crippen LogP contribution in [0.25, 0.3) is 0 Å². The Balaban J connectivity index is 2.12. The molecule has 0 saturated carbocycles. The van der Waals surface area contributed by atoms with Gasteiger partial charge in [-0.2, -0.15) is 0 Å². The molecule has 19 heavy (non-hydrogen) atoms. The highest BCUT2D eigenvalue weighted by Gasteiger charge is 2.35. The first kappa shape index (κ1) is 14.5. The quantitative estimate of drug-likeness (QED) is 0.873. The first-order valence-corrected chi connectivity index (χ1v) is 7.20. The average molecular weight is 263 g/mol. The second kappa shape index (κ2) is 6.04. The first-order chi connectivity index (χ1) is 9.02. The number of benzene rings is 1. The Bertz CT molecular complexity index is 385. The highest BCUT2D eigenvalue weighted by molar-refractivity contribution is 5.23. The molecule has 0 radical (unpaired) electrons. The smallest absolute Gasteiger partial charge is 0.104 e. The van der Waals surface area contributed by atoms with Gasteiger partial charge in [-0.05, 0) is 24.3 Å². The van der Waals surface area contributed by atoms with E-state index in [1.54, 1.807) is 0 Å². The Kier molecular flexibility index (Phi) is 4.61. The summed E-state index contributed by atoms with van der Waals surface area (Å²) in [7, 11) is 0. The van der Waals surface area contributed by atoms with Crippen molar-refractivity contribution in [2.75, 3.05) is 19.6 Å². The molecule has 0 amide bonds. The Morgan fingerprint density at radius 2 is 1.79 bits per heavy atom. The zero-order valence-electron chi connectivity index (χ0n) is 11.9. The number of nitrogens with zero attached hydrogens (tertiary/aromatic N) is 1. The van der Waals surface area contributed by atoms with E-state index in [1.165, 1.54) is 0 Å². The predicted molar refractivity (Wildman–Crippen MR) is 76.9 cm³/mol. The highest BCUT2D eigenvalue weighted by Crippen LogP contribution is 2.31. The summed E-state index contributed by atoms with van der Waals surface area (Å²) in [5.74, 6) is 0.154. The van der Waals surface area contributed by atoms with E-state index >= 15 is 0 Å². The van der Waals surface area contributed by atoms with Crippen molar-refractivity contribution in [2.45, 2.75) is 38.4 Å². The van der Waals surface area contributed by atoms with E-state index in [0.717, 1.165) is 31.5 Å². The van der Waals surface area contributed by atoms with Crippen LogP contribution >= 0.6 is 0 Å². The third kappa shape index (κ3) is 3.35. The third-order valence-electron chi connectivity index (χ3n) is 4.25. The Morgan fingerprint density at radius 3 is 2.32 bits per heavy atom. The predicted octanol–water partition coefficient (Wildman–Crippen LogP) is 1.99. The lowest BCUT2D eigenvalue weighted by Gasteiger charge is -2.40. The number of hydrogen-bond donors (Lipinski definition) is 2. The summed E-state index contributed by atoms with van der Waals surface area (Å²) in [6.07, 6.45) is 1.45. The van der Waals surface area contributed by atoms with Gasteiger partial charge in [0, 0.05) is 19.6 Å². The number of aliphatic hydroxyl groups is 2. The van der Waals surface area contributed by atoms with Crippen LogP contribution in [-0.4, -0.2) is 40.9 Å². The van der Waals surface area contributed by atoms with Crippen LogP contribution in [0.3, 0.4) is 0 Å². The molecule has 2 rings (SSSR count). The van der Waals surface area contributed by atoms with Gasteiger partial charge in [0.1, 0.15) is 5.60 Å². The minimum Gasteiger partial charge on any atom is -0.393 e. The van der Waals surface area contributed by atoms with Gasteiger partial charge in [0.2, 0.25) is 0 Å². The first-order valence-electron chi connectivity index (χ1n) is 7.20. The van der Waals surface area contributed by atoms with Gasteiger partial charge < -0.3 is 10.2 Å². The third-order valence-corrected chi connectivity index (χ3v) is 4.25. The number of aliphatic hydroxyl groups excluding tert-OH is 1. The molecule has 3 heteroatoms. The van der Waals surface area contributed by atoms with Crippen molar-refractivity contribution in [3.05, 3.63) is 35.9 Å². The molecule has 1 heterocycles. The van der Waals surface area contributed by atoms with E-state index in [4.69, 9.17) is 0 Å². The maximum absolute atomic E-state index is 11.1. The second-order valence-corrected chi connectivity index (χ2v) is 5.95. The van der Waals surface area contributed by atoms with E-state index in [9.17, 15) is 10.2 Å². The van der Waals surface area contributed by atoms with Gasteiger partial charge in [0.25, 0.3) is 0 Å². The molecule has 0 unspecified atom stereocenters. The lowest BCUT2D eigenvalue weighted by molar-refractivity contribution is -0.0515. The Hall–Kier alpha value is -0.900. The summed E-state index contributed by atoms with van der Waals surface area (Å²) in [5, 5.41) is 20.6. The summed E-state index contributed by atoms with van der Waals surface area (Å²) >= 11 is 0. The van der Waals surface area contributed by atoms with Crippen LogP contribution in [0.4, 0.5) is 0 Å². The van der Waals surface area contributed by atoms with Crippen molar-refractivity contribution in [3.8, 4) is 0 Å².